The van der Waals surface area contributed by atoms with Crippen molar-refractivity contribution in [3.8, 4) is 0 Å². The molecule has 2 aromatic rings. The summed E-state index contributed by atoms with van der Waals surface area (Å²) in [4.78, 5) is 12.4. The SMILES string of the molecule is CCc1c(C)cccc1C(=O)c1ccccc1F. The second-order valence-corrected chi connectivity index (χ2v) is 4.26. The molecule has 0 aliphatic rings. The van der Waals surface area contributed by atoms with Crippen LogP contribution in [0.3, 0.4) is 0 Å². The van der Waals surface area contributed by atoms with Crippen LogP contribution in [0.25, 0.3) is 0 Å². The fraction of sp³-hybridized carbons (Fsp3) is 0.188. The van der Waals surface area contributed by atoms with E-state index >= 15 is 0 Å². The number of halogens is 1. The zero-order valence-corrected chi connectivity index (χ0v) is 10.5. The Bertz CT molecular complexity index is 587. The third-order valence-corrected chi connectivity index (χ3v) is 3.13. The van der Waals surface area contributed by atoms with E-state index in [0.29, 0.717) is 5.56 Å². The van der Waals surface area contributed by atoms with Crippen molar-refractivity contribution >= 4 is 5.78 Å². The maximum Gasteiger partial charge on any atom is 0.196 e. The van der Waals surface area contributed by atoms with E-state index in [2.05, 4.69) is 0 Å². The molecule has 18 heavy (non-hydrogen) atoms. The lowest BCUT2D eigenvalue weighted by Crippen LogP contribution is -2.08. The number of rotatable bonds is 3. The van der Waals surface area contributed by atoms with Crippen LogP contribution in [0.4, 0.5) is 4.39 Å². The fourth-order valence-corrected chi connectivity index (χ4v) is 2.17. The molecular weight excluding hydrogens is 227 g/mol. The predicted molar refractivity (Wildman–Crippen MR) is 70.4 cm³/mol. The van der Waals surface area contributed by atoms with Crippen LogP contribution in [0.5, 0.6) is 0 Å². The van der Waals surface area contributed by atoms with Gasteiger partial charge < -0.3 is 0 Å². The topological polar surface area (TPSA) is 17.1 Å². The summed E-state index contributed by atoms with van der Waals surface area (Å²) in [5.41, 5.74) is 2.80. The van der Waals surface area contributed by atoms with Gasteiger partial charge in [0.1, 0.15) is 5.82 Å². The lowest BCUT2D eigenvalue weighted by atomic mass is 9.93. The number of hydrogen-bond donors (Lipinski definition) is 0. The Balaban J connectivity index is 2.54. The lowest BCUT2D eigenvalue weighted by Gasteiger charge is -2.10. The van der Waals surface area contributed by atoms with Crippen molar-refractivity contribution in [2.45, 2.75) is 20.3 Å². The molecule has 0 aromatic heterocycles. The summed E-state index contributed by atoms with van der Waals surface area (Å²) in [5, 5.41) is 0. The molecule has 2 rings (SSSR count). The standard InChI is InChI=1S/C16H15FO/c1-3-12-11(2)7-6-9-13(12)16(18)14-8-4-5-10-15(14)17/h4-10H,3H2,1-2H3. The maximum absolute atomic E-state index is 13.6. The number of benzene rings is 2. The first kappa shape index (κ1) is 12.5. The molecule has 2 heteroatoms. The highest BCUT2D eigenvalue weighted by molar-refractivity contribution is 6.10. The maximum atomic E-state index is 13.6. The summed E-state index contributed by atoms with van der Waals surface area (Å²) in [6, 6.07) is 11.7. The van der Waals surface area contributed by atoms with Gasteiger partial charge in [-0.2, -0.15) is 0 Å². The molecule has 0 unspecified atom stereocenters. The summed E-state index contributed by atoms with van der Waals surface area (Å²) < 4.78 is 13.6. The van der Waals surface area contributed by atoms with Gasteiger partial charge in [0.25, 0.3) is 0 Å². The summed E-state index contributed by atoms with van der Waals surface area (Å²) in [7, 11) is 0. The zero-order valence-electron chi connectivity index (χ0n) is 10.5. The van der Waals surface area contributed by atoms with E-state index < -0.39 is 5.82 Å². The van der Waals surface area contributed by atoms with E-state index in [1.807, 2.05) is 26.0 Å². The van der Waals surface area contributed by atoms with Crippen molar-refractivity contribution in [1.29, 1.82) is 0 Å². The molecule has 0 aliphatic heterocycles. The molecule has 0 bridgehead atoms. The lowest BCUT2D eigenvalue weighted by molar-refractivity contribution is 0.103. The van der Waals surface area contributed by atoms with Gasteiger partial charge in [-0.05, 0) is 36.6 Å². The smallest absolute Gasteiger partial charge is 0.196 e. The minimum Gasteiger partial charge on any atom is -0.288 e. The first-order valence-electron chi connectivity index (χ1n) is 6.03. The Kier molecular flexibility index (Phi) is 3.56. The fourth-order valence-electron chi connectivity index (χ4n) is 2.17. The second-order valence-electron chi connectivity index (χ2n) is 4.26. The molecule has 0 fully saturated rings. The molecule has 0 heterocycles. The summed E-state index contributed by atoms with van der Waals surface area (Å²) in [6.07, 6.45) is 0.766. The van der Waals surface area contributed by atoms with Crippen LogP contribution in [0.1, 0.15) is 34.0 Å². The van der Waals surface area contributed by atoms with Crippen LogP contribution >= 0.6 is 0 Å². The zero-order chi connectivity index (χ0) is 13.1. The number of carbonyl (C=O) groups excluding carboxylic acids is 1. The van der Waals surface area contributed by atoms with E-state index in [4.69, 9.17) is 0 Å². The molecule has 0 spiro atoms. The third kappa shape index (κ3) is 2.19. The van der Waals surface area contributed by atoms with E-state index in [9.17, 15) is 9.18 Å². The highest BCUT2D eigenvalue weighted by Crippen LogP contribution is 2.20. The van der Waals surface area contributed by atoms with Crippen molar-refractivity contribution in [2.75, 3.05) is 0 Å². The van der Waals surface area contributed by atoms with Crippen molar-refractivity contribution in [3.63, 3.8) is 0 Å². The van der Waals surface area contributed by atoms with E-state index in [1.54, 1.807) is 18.2 Å². The first-order valence-corrected chi connectivity index (χ1v) is 6.03. The Labute approximate surface area is 106 Å². The highest BCUT2D eigenvalue weighted by Gasteiger charge is 2.16. The van der Waals surface area contributed by atoms with Gasteiger partial charge in [0, 0.05) is 5.56 Å². The largest absolute Gasteiger partial charge is 0.288 e. The second kappa shape index (κ2) is 5.13. The number of aryl methyl sites for hydroxylation is 1. The Morgan fingerprint density at radius 2 is 1.72 bits per heavy atom. The normalized spacial score (nSPS) is 10.4. The minimum absolute atomic E-state index is 0.137. The van der Waals surface area contributed by atoms with Crippen LogP contribution in [0.2, 0.25) is 0 Å². The number of hydrogen-bond acceptors (Lipinski definition) is 1. The van der Waals surface area contributed by atoms with Crippen molar-refractivity contribution in [2.24, 2.45) is 0 Å². The average Bonchev–Trinajstić information content (AvgIpc) is 2.38. The predicted octanol–water partition coefficient (Wildman–Crippen LogP) is 3.93. The molecule has 0 amide bonds. The van der Waals surface area contributed by atoms with Gasteiger partial charge in [0.15, 0.2) is 5.78 Å². The first-order chi connectivity index (χ1) is 8.65. The summed E-state index contributed by atoms with van der Waals surface area (Å²) in [6.45, 7) is 3.97. The summed E-state index contributed by atoms with van der Waals surface area (Å²) in [5.74, 6) is -0.709. The van der Waals surface area contributed by atoms with Crippen LogP contribution in [-0.2, 0) is 6.42 Å². The monoisotopic (exact) mass is 242 g/mol. The molecule has 0 radical (unpaired) electrons. The molecule has 0 saturated heterocycles. The van der Waals surface area contributed by atoms with E-state index in [1.165, 1.54) is 12.1 Å². The van der Waals surface area contributed by atoms with Gasteiger partial charge in [-0.25, -0.2) is 4.39 Å². The molecule has 0 saturated carbocycles. The highest BCUT2D eigenvalue weighted by atomic mass is 19.1. The quantitative estimate of drug-likeness (QED) is 0.745. The summed E-state index contributed by atoms with van der Waals surface area (Å²) >= 11 is 0. The molecular formula is C16H15FO. The van der Waals surface area contributed by atoms with Gasteiger partial charge in [-0.3, -0.25) is 4.79 Å². The van der Waals surface area contributed by atoms with Crippen molar-refractivity contribution < 1.29 is 9.18 Å². The Morgan fingerprint density at radius 3 is 2.39 bits per heavy atom. The van der Waals surface area contributed by atoms with Gasteiger partial charge in [-0.15, -0.1) is 0 Å². The number of ketones is 1. The van der Waals surface area contributed by atoms with Gasteiger partial charge in [0.05, 0.1) is 5.56 Å². The van der Waals surface area contributed by atoms with Crippen LogP contribution < -0.4 is 0 Å². The molecule has 1 nitrogen and oxygen atoms in total. The van der Waals surface area contributed by atoms with E-state index in [-0.39, 0.29) is 11.3 Å². The average molecular weight is 242 g/mol. The molecule has 2 aromatic carbocycles. The van der Waals surface area contributed by atoms with Crippen LogP contribution in [-0.4, -0.2) is 5.78 Å². The van der Waals surface area contributed by atoms with Crippen molar-refractivity contribution in [3.05, 3.63) is 70.5 Å². The minimum atomic E-state index is -0.467. The third-order valence-electron chi connectivity index (χ3n) is 3.13. The molecule has 0 N–H and O–H groups in total. The Hall–Kier alpha value is -1.96. The van der Waals surface area contributed by atoms with Crippen LogP contribution in [0.15, 0.2) is 42.5 Å². The number of carbonyl (C=O) groups is 1. The van der Waals surface area contributed by atoms with Gasteiger partial charge in [0.2, 0.25) is 0 Å². The van der Waals surface area contributed by atoms with Crippen LogP contribution in [0, 0.1) is 12.7 Å². The Morgan fingerprint density at radius 1 is 1.06 bits per heavy atom. The molecule has 0 aliphatic carbocycles. The van der Waals surface area contributed by atoms with Gasteiger partial charge in [-0.1, -0.05) is 37.3 Å². The van der Waals surface area contributed by atoms with E-state index in [0.717, 1.165) is 17.5 Å². The molecule has 92 valence electrons. The van der Waals surface area contributed by atoms with Gasteiger partial charge >= 0.3 is 0 Å². The van der Waals surface area contributed by atoms with Crippen molar-refractivity contribution in [1.82, 2.24) is 0 Å². The molecule has 0 atom stereocenters.